The van der Waals surface area contributed by atoms with E-state index in [1.54, 1.807) is 11.8 Å². The highest BCUT2D eigenvalue weighted by molar-refractivity contribution is 6.01. The molecule has 0 aliphatic carbocycles. The quantitative estimate of drug-likeness (QED) is 0.545. The number of hydrogen-bond donors (Lipinski definition) is 1. The summed E-state index contributed by atoms with van der Waals surface area (Å²) in [7, 11) is 0. The molecule has 0 aromatic rings. The Balaban J connectivity index is 2.55. The molecule has 1 aliphatic rings. The first-order valence-corrected chi connectivity index (χ1v) is 5.68. The zero-order valence-electron chi connectivity index (χ0n) is 10.1. The minimum absolute atomic E-state index is 0.243. The lowest BCUT2D eigenvalue weighted by Gasteiger charge is -2.19. The fourth-order valence-corrected chi connectivity index (χ4v) is 1.84. The molecule has 0 bridgehead atoms. The standard InChI is InChI=1S/C11H20N2O3/c1-4-16-11(15)9(12)10(14)13-5-7(2)8(3)6-13/h7-9H,4-6,12H2,1-3H3. The van der Waals surface area contributed by atoms with Gasteiger partial charge in [0.05, 0.1) is 6.61 Å². The fraction of sp³-hybridized carbons (Fsp3) is 0.818. The number of hydrogen-bond acceptors (Lipinski definition) is 4. The van der Waals surface area contributed by atoms with E-state index in [0.717, 1.165) is 0 Å². The largest absolute Gasteiger partial charge is 0.464 e. The van der Waals surface area contributed by atoms with Crippen molar-refractivity contribution in [2.75, 3.05) is 19.7 Å². The monoisotopic (exact) mass is 228 g/mol. The number of nitrogens with zero attached hydrogens (tertiary/aromatic N) is 1. The molecule has 1 heterocycles. The van der Waals surface area contributed by atoms with Gasteiger partial charge in [-0.3, -0.25) is 4.79 Å². The van der Waals surface area contributed by atoms with Crippen LogP contribution < -0.4 is 5.73 Å². The van der Waals surface area contributed by atoms with Gasteiger partial charge in [-0.15, -0.1) is 0 Å². The molecule has 5 heteroatoms. The lowest BCUT2D eigenvalue weighted by molar-refractivity contribution is -0.150. The summed E-state index contributed by atoms with van der Waals surface area (Å²) in [5, 5.41) is 0. The molecular weight excluding hydrogens is 208 g/mol. The average molecular weight is 228 g/mol. The van der Waals surface area contributed by atoms with E-state index in [-0.39, 0.29) is 12.5 Å². The van der Waals surface area contributed by atoms with Gasteiger partial charge in [-0.2, -0.15) is 0 Å². The van der Waals surface area contributed by atoms with Crippen LogP contribution in [0.4, 0.5) is 0 Å². The van der Waals surface area contributed by atoms with E-state index < -0.39 is 12.0 Å². The maximum atomic E-state index is 11.9. The van der Waals surface area contributed by atoms with Crippen molar-refractivity contribution < 1.29 is 14.3 Å². The number of likely N-dealkylation sites (tertiary alicyclic amines) is 1. The molecule has 0 aromatic carbocycles. The molecule has 3 atom stereocenters. The first-order valence-electron chi connectivity index (χ1n) is 5.68. The van der Waals surface area contributed by atoms with Crippen molar-refractivity contribution in [1.82, 2.24) is 4.90 Å². The van der Waals surface area contributed by atoms with E-state index in [0.29, 0.717) is 24.9 Å². The molecular formula is C11H20N2O3. The lowest BCUT2D eigenvalue weighted by Crippen LogP contribution is -2.48. The molecule has 1 saturated heterocycles. The molecule has 0 aromatic heterocycles. The van der Waals surface area contributed by atoms with E-state index in [1.807, 2.05) is 0 Å². The highest BCUT2D eigenvalue weighted by Crippen LogP contribution is 2.22. The van der Waals surface area contributed by atoms with E-state index in [9.17, 15) is 9.59 Å². The second kappa shape index (κ2) is 5.30. The molecule has 0 spiro atoms. The molecule has 1 rings (SSSR count). The Hall–Kier alpha value is -1.10. The third-order valence-electron chi connectivity index (χ3n) is 3.11. The smallest absolute Gasteiger partial charge is 0.332 e. The van der Waals surface area contributed by atoms with Crippen LogP contribution in [0.3, 0.4) is 0 Å². The molecule has 1 aliphatic heterocycles. The third kappa shape index (κ3) is 2.72. The maximum Gasteiger partial charge on any atom is 0.332 e. The Morgan fingerprint density at radius 2 is 1.88 bits per heavy atom. The SMILES string of the molecule is CCOC(=O)C(N)C(=O)N1CC(C)C(C)C1. The van der Waals surface area contributed by atoms with Crippen LogP contribution in [0.5, 0.6) is 0 Å². The minimum Gasteiger partial charge on any atom is -0.464 e. The second-order valence-corrected chi connectivity index (χ2v) is 4.43. The molecule has 0 saturated carbocycles. The van der Waals surface area contributed by atoms with Gasteiger partial charge in [0.15, 0.2) is 6.04 Å². The summed E-state index contributed by atoms with van der Waals surface area (Å²) in [6, 6.07) is -1.17. The number of carbonyl (C=O) groups is 2. The molecule has 0 radical (unpaired) electrons. The summed E-state index contributed by atoms with van der Waals surface area (Å²) < 4.78 is 4.73. The summed E-state index contributed by atoms with van der Waals surface area (Å²) in [5.41, 5.74) is 5.55. The van der Waals surface area contributed by atoms with Crippen molar-refractivity contribution in [3.8, 4) is 0 Å². The van der Waals surface area contributed by atoms with Crippen molar-refractivity contribution >= 4 is 11.9 Å². The maximum absolute atomic E-state index is 11.9. The zero-order valence-corrected chi connectivity index (χ0v) is 10.1. The van der Waals surface area contributed by atoms with E-state index >= 15 is 0 Å². The van der Waals surface area contributed by atoms with E-state index in [4.69, 9.17) is 10.5 Å². The van der Waals surface area contributed by atoms with Crippen LogP contribution in [0.15, 0.2) is 0 Å². The number of carbonyl (C=O) groups excluding carboxylic acids is 2. The third-order valence-corrected chi connectivity index (χ3v) is 3.11. The van der Waals surface area contributed by atoms with Crippen LogP contribution in [-0.2, 0) is 14.3 Å². The van der Waals surface area contributed by atoms with Crippen molar-refractivity contribution in [2.45, 2.75) is 26.8 Å². The normalized spacial score (nSPS) is 26.6. The van der Waals surface area contributed by atoms with Crippen molar-refractivity contribution in [2.24, 2.45) is 17.6 Å². The van der Waals surface area contributed by atoms with Gasteiger partial charge in [0.1, 0.15) is 0 Å². The summed E-state index contributed by atoms with van der Waals surface area (Å²) >= 11 is 0. The Morgan fingerprint density at radius 1 is 1.38 bits per heavy atom. The number of rotatable bonds is 3. The Morgan fingerprint density at radius 3 is 2.31 bits per heavy atom. The lowest BCUT2D eigenvalue weighted by atomic mass is 10.0. The van der Waals surface area contributed by atoms with Gasteiger partial charge in [-0.25, -0.2) is 4.79 Å². The molecule has 3 unspecified atom stereocenters. The van der Waals surface area contributed by atoms with Crippen LogP contribution in [0.2, 0.25) is 0 Å². The van der Waals surface area contributed by atoms with Gasteiger partial charge in [0.25, 0.3) is 5.91 Å². The van der Waals surface area contributed by atoms with Crippen LogP contribution in [0.25, 0.3) is 0 Å². The highest BCUT2D eigenvalue weighted by Gasteiger charge is 2.34. The van der Waals surface area contributed by atoms with Crippen LogP contribution in [0, 0.1) is 11.8 Å². The van der Waals surface area contributed by atoms with Crippen molar-refractivity contribution in [1.29, 1.82) is 0 Å². The van der Waals surface area contributed by atoms with Crippen LogP contribution in [-0.4, -0.2) is 42.5 Å². The summed E-state index contributed by atoms with van der Waals surface area (Å²) in [6.07, 6.45) is 0. The van der Waals surface area contributed by atoms with Gasteiger partial charge in [-0.1, -0.05) is 13.8 Å². The topological polar surface area (TPSA) is 72.6 Å². The average Bonchev–Trinajstić information content (AvgIpc) is 2.57. The number of ether oxygens (including phenoxy) is 1. The molecule has 5 nitrogen and oxygen atoms in total. The Kier molecular flexibility index (Phi) is 4.29. The predicted molar refractivity (Wildman–Crippen MR) is 59.5 cm³/mol. The van der Waals surface area contributed by atoms with Gasteiger partial charge in [0.2, 0.25) is 0 Å². The molecule has 1 amide bonds. The Labute approximate surface area is 95.9 Å². The number of esters is 1. The highest BCUT2D eigenvalue weighted by atomic mass is 16.5. The zero-order chi connectivity index (χ0) is 12.3. The first kappa shape index (κ1) is 13.0. The summed E-state index contributed by atoms with van der Waals surface area (Å²) in [4.78, 5) is 24.8. The molecule has 92 valence electrons. The van der Waals surface area contributed by atoms with Crippen molar-refractivity contribution in [3.63, 3.8) is 0 Å². The number of amides is 1. The molecule has 1 fully saturated rings. The number of nitrogens with two attached hydrogens (primary N) is 1. The van der Waals surface area contributed by atoms with Crippen LogP contribution in [0.1, 0.15) is 20.8 Å². The molecule has 2 N–H and O–H groups in total. The fourth-order valence-electron chi connectivity index (χ4n) is 1.84. The second-order valence-electron chi connectivity index (χ2n) is 4.43. The van der Waals surface area contributed by atoms with Gasteiger partial charge in [-0.05, 0) is 18.8 Å². The first-order chi connectivity index (χ1) is 7.47. The van der Waals surface area contributed by atoms with Gasteiger partial charge < -0.3 is 15.4 Å². The van der Waals surface area contributed by atoms with Crippen LogP contribution >= 0.6 is 0 Å². The summed E-state index contributed by atoms with van der Waals surface area (Å²) in [6.45, 7) is 7.46. The minimum atomic E-state index is -1.17. The Bertz CT molecular complexity index is 270. The van der Waals surface area contributed by atoms with Gasteiger partial charge >= 0.3 is 5.97 Å². The predicted octanol–water partition coefficient (Wildman–Crippen LogP) is -0.00880. The van der Waals surface area contributed by atoms with Gasteiger partial charge in [0, 0.05) is 13.1 Å². The van der Waals surface area contributed by atoms with E-state index in [2.05, 4.69) is 13.8 Å². The van der Waals surface area contributed by atoms with E-state index in [1.165, 1.54) is 0 Å². The summed E-state index contributed by atoms with van der Waals surface area (Å²) in [5.74, 6) is -0.0500. The molecule has 16 heavy (non-hydrogen) atoms. The van der Waals surface area contributed by atoms with Crippen molar-refractivity contribution in [3.05, 3.63) is 0 Å².